The summed E-state index contributed by atoms with van der Waals surface area (Å²) in [7, 11) is 0. The predicted molar refractivity (Wildman–Crippen MR) is 109 cm³/mol. The average molecular weight is 395 g/mol. The Bertz CT molecular complexity index is 1030. The second kappa shape index (κ2) is 8.35. The number of hydrogen-bond acceptors (Lipinski definition) is 6. The summed E-state index contributed by atoms with van der Waals surface area (Å²) in [6.45, 7) is 7.32. The number of anilines is 1. The molecule has 8 heteroatoms. The molecule has 0 saturated heterocycles. The van der Waals surface area contributed by atoms with Gasteiger partial charge in [0.1, 0.15) is 0 Å². The zero-order chi connectivity index (χ0) is 20.3. The van der Waals surface area contributed by atoms with Crippen molar-refractivity contribution in [1.29, 1.82) is 0 Å². The number of hydrogen-bond donors (Lipinski definition) is 1. The maximum atomic E-state index is 12.6. The molecule has 28 heavy (non-hydrogen) atoms. The zero-order valence-corrected chi connectivity index (χ0v) is 16.9. The van der Waals surface area contributed by atoms with Crippen molar-refractivity contribution in [2.75, 3.05) is 5.32 Å². The minimum Gasteiger partial charge on any atom is -0.325 e. The molecule has 3 aromatic rings. The fourth-order valence-corrected chi connectivity index (χ4v) is 3.44. The van der Waals surface area contributed by atoms with E-state index in [9.17, 15) is 9.59 Å². The number of rotatable bonds is 6. The summed E-state index contributed by atoms with van der Waals surface area (Å²) in [6, 6.07) is 12.8. The van der Waals surface area contributed by atoms with E-state index in [1.807, 2.05) is 32.0 Å². The number of thioether (sulfide) groups is 1. The van der Waals surface area contributed by atoms with Crippen molar-refractivity contribution in [3.05, 3.63) is 59.2 Å². The number of amides is 1. The molecule has 3 rings (SSSR count). The number of carbonyl (C=O) groups is 2. The van der Waals surface area contributed by atoms with Gasteiger partial charge in [0.25, 0.3) is 0 Å². The lowest BCUT2D eigenvalue weighted by Crippen LogP contribution is -2.23. The Morgan fingerprint density at radius 3 is 2.64 bits per heavy atom. The number of tetrazole rings is 1. The number of ketones is 1. The zero-order valence-electron chi connectivity index (χ0n) is 16.1. The van der Waals surface area contributed by atoms with Crippen LogP contribution < -0.4 is 5.32 Å². The number of benzene rings is 2. The van der Waals surface area contributed by atoms with Gasteiger partial charge < -0.3 is 5.32 Å². The van der Waals surface area contributed by atoms with Crippen LogP contribution in [0.2, 0.25) is 0 Å². The fraction of sp³-hybridized carbons (Fsp3) is 0.250. The second-order valence-electron chi connectivity index (χ2n) is 6.48. The van der Waals surface area contributed by atoms with Gasteiger partial charge in [0.05, 0.1) is 10.9 Å². The Balaban J connectivity index is 1.75. The highest BCUT2D eigenvalue weighted by Gasteiger charge is 2.20. The molecule has 144 valence electrons. The summed E-state index contributed by atoms with van der Waals surface area (Å²) in [5.74, 6) is -0.243. The van der Waals surface area contributed by atoms with Crippen LogP contribution in [0.25, 0.3) is 5.69 Å². The van der Waals surface area contributed by atoms with E-state index < -0.39 is 5.25 Å². The first-order valence-corrected chi connectivity index (χ1v) is 9.68. The molecule has 0 fully saturated rings. The maximum absolute atomic E-state index is 12.6. The molecule has 1 atom stereocenters. The van der Waals surface area contributed by atoms with Crippen molar-refractivity contribution in [3.63, 3.8) is 0 Å². The topological polar surface area (TPSA) is 89.8 Å². The minimum absolute atomic E-state index is 0.0498. The minimum atomic E-state index is -0.434. The molecule has 0 bridgehead atoms. The normalized spacial score (nSPS) is 11.9. The Labute approximate surface area is 167 Å². The van der Waals surface area contributed by atoms with Crippen LogP contribution in [-0.4, -0.2) is 37.1 Å². The first-order chi connectivity index (χ1) is 13.4. The maximum Gasteiger partial charge on any atom is 0.237 e. The fourth-order valence-electron chi connectivity index (χ4n) is 2.64. The molecule has 0 aliphatic heterocycles. The first-order valence-electron chi connectivity index (χ1n) is 8.80. The third-order valence-corrected chi connectivity index (χ3v) is 5.47. The molecule has 0 radical (unpaired) electrons. The largest absolute Gasteiger partial charge is 0.325 e. The van der Waals surface area contributed by atoms with Crippen LogP contribution in [0, 0.1) is 13.8 Å². The van der Waals surface area contributed by atoms with Gasteiger partial charge in [-0.25, -0.2) is 0 Å². The predicted octanol–water partition coefficient (Wildman–Crippen LogP) is 3.60. The summed E-state index contributed by atoms with van der Waals surface area (Å²) >= 11 is 1.27. The highest BCUT2D eigenvalue weighted by Crippen LogP contribution is 2.26. The van der Waals surface area contributed by atoms with Crippen LogP contribution in [0.15, 0.2) is 47.6 Å². The Kier molecular flexibility index (Phi) is 5.89. The van der Waals surface area contributed by atoms with Crippen molar-refractivity contribution in [1.82, 2.24) is 20.2 Å². The quantitative estimate of drug-likeness (QED) is 0.507. The molecular weight excluding hydrogens is 374 g/mol. The molecule has 1 heterocycles. The third-order valence-electron chi connectivity index (χ3n) is 4.43. The number of aromatic nitrogens is 4. The summed E-state index contributed by atoms with van der Waals surface area (Å²) < 4.78 is 1.65. The van der Waals surface area contributed by atoms with E-state index in [0.717, 1.165) is 16.8 Å². The van der Waals surface area contributed by atoms with Gasteiger partial charge in [-0.05, 0) is 67.4 Å². The molecular formula is C20H21N5O2S. The first kappa shape index (κ1) is 19.8. The molecule has 0 aliphatic carbocycles. The Morgan fingerprint density at radius 2 is 1.89 bits per heavy atom. The molecule has 1 unspecified atom stereocenters. The van der Waals surface area contributed by atoms with Crippen molar-refractivity contribution >= 4 is 29.1 Å². The van der Waals surface area contributed by atoms with E-state index in [1.54, 1.807) is 35.9 Å². The van der Waals surface area contributed by atoms with Gasteiger partial charge in [0.15, 0.2) is 5.78 Å². The van der Waals surface area contributed by atoms with Gasteiger partial charge in [-0.1, -0.05) is 36.0 Å². The van der Waals surface area contributed by atoms with E-state index in [4.69, 9.17) is 0 Å². The van der Waals surface area contributed by atoms with Crippen LogP contribution in [0.1, 0.15) is 35.3 Å². The molecule has 1 aromatic heterocycles. The van der Waals surface area contributed by atoms with Crippen LogP contribution in [-0.2, 0) is 4.79 Å². The second-order valence-corrected chi connectivity index (χ2v) is 7.79. The van der Waals surface area contributed by atoms with E-state index in [1.165, 1.54) is 18.7 Å². The van der Waals surface area contributed by atoms with E-state index in [-0.39, 0.29) is 11.7 Å². The molecule has 0 saturated carbocycles. The summed E-state index contributed by atoms with van der Waals surface area (Å²) in [5, 5.41) is 14.9. The van der Waals surface area contributed by atoms with Gasteiger partial charge >= 0.3 is 0 Å². The average Bonchev–Trinajstić information content (AvgIpc) is 3.12. The van der Waals surface area contributed by atoms with Crippen molar-refractivity contribution in [2.24, 2.45) is 0 Å². The molecule has 0 aliphatic rings. The Morgan fingerprint density at radius 1 is 1.14 bits per heavy atom. The lowest BCUT2D eigenvalue weighted by Gasteiger charge is -2.13. The highest BCUT2D eigenvalue weighted by molar-refractivity contribution is 8.00. The highest BCUT2D eigenvalue weighted by atomic mass is 32.2. The molecule has 1 N–H and O–H groups in total. The SMILES string of the molecule is CC(=O)c1cccc(NC(=O)C(C)Sc2nnnn2-c2cccc(C)c2C)c1. The van der Waals surface area contributed by atoms with Crippen molar-refractivity contribution in [3.8, 4) is 5.69 Å². The van der Waals surface area contributed by atoms with Crippen LogP contribution >= 0.6 is 11.8 Å². The van der Waals surface area contributed by atoms with E-state index >= 15 is 0 Å². The van der Waals surface area contributed by atoms with Crippen LogP contribution in [0.3, 0.4) is 0 Å². The number of nitrogens with one attached hydrogen (secondary N) is 1. The van der Waals surface area contributed by atoms with Gasteiger partial charge in [0, 0.05) is 11.3 Å². The van der Waals surface area contributed by atoms with Crippen molar-refractivity contribution < 1.29 is 9.59 Å². The summed E-state index contributed by atoms with van der Waals surface area (Å²) in [6.07, 6.45) is 0. The molecule has 1 amide bonds. The lowest BCUT2D eigenvalue weighted by molar-refractivity contribution is -0.115. The van der Waals surface area contributed by atoms with Crippen molar-refractivity contribution in [2.45, 2.75) is 38.1 Å². The number of carbonyl (C=O) groups excluding carboxylic acids is 2. The third kappa shape index (κ3) is 4.28. The van der Waals surface area contributed by atoms with E-state index in [0.29, 0.717) is 16.4 Å². The lowest BCUT2D eigenvalue weighted by atomic mass is 10.1. The summed E-state index contributed by atoms with van der Waals surface area (Å²) in [5.41, 5.74) is 4.24. The Hall–Kier alpha value is -3.00. The molecule has 2 aromatic carbocycles. The molecule has 7 nitrogen and oxygen atoms in total. The van der Waals surface area contributed by atoms with Gasteiger partial charge in [-0.3, -0.25) is 9.59 Å². The smallest absolute Gasteiger partial charge is 0.237 e. The molecule has 0 spiro atoms. The number of nitrogens with zero attached hydrogens (tertiary/aromatic N) is 4. The monoisotopic (exact) mass is 395 g/mol. The van der Waals surface area contributed by atoms with Crippen LogP contribution in [0.5, 0.6) is 0 Å². The number of aryl methyl sites for hydroxylation is 1. The number of Topliss-reactive ketones (excluding diaryl/α,β-unsaturated/α-hetero) is 1. The summed E-state index contributed by atoms with van der Waals surface area (Å²) in [4.78, 5) is 24.1. The standard InChI is InChI=1S/C20H21N5O2S/c1-12-7-5-10-18(13(12)2)25-20(22-23-24-25)28-15(4)19(27)21-17-9-6-8-16(11-17)14(3)26/h5-11,15H,1-4H3,(H,21,27). The van der Waals surface area contributed by atoms with Crippen LogP contribution in [0.4, 0.5) is 5.69 Å². The van der Waals surface area contributed by atoms with Gasteiger partial charge in [0.2, 0.25) is 11.1 Å². The van der Waals surface area contributed by atoms with Gasteiger partial charge in [-0.15, -0.1) is 5.10 Å². The van der Waals surface area contributed by atoms with Gasteiger partial charge in [-0.2, -0.15) is 4.68 Å². The van der Waals surface area contributed by atoms with E-state index in [2.05, 4.69) is 20.8 Å².